The molecule has 138 valence electrons. The lowest BCUT2D eigenvalue weighted by molar-refractivity contribution is -0.132. The Morgan fingerprint density at radius 2 is 1.50 bits per heavy atom. The number of amides is 4. The average molecular weight is 343 g/mol. The van der Waals surface area contributed by atoms with Gasteiger partial charge in [-0.3, -0.25) is 24.5 Å². The molecule has 0 aromatic heterocycles. The Morgan fingerprint density at radius 1 is 0.875 bits per heavy atom. The predicted molar refractivity (Wildman–Crippen MR) is 89.5 cm³/mol. The number of rotatable bonds is 11. The maximum atomic E-state index is 11.6. The molecule has 24 heavy (non-hydrogen) atoms. The summed E-state index contributed by atoms with van der Waals surface area (Å²) in [5.41, 5.74) is 11.0. The van der Waals surface area contributed by atoms with E-state index in [9.17, 15) is 19.2 Å². The molecule has 9 heteroatoms. The van der Waals surface area contributed by atoms with Crippen molar-refractivity contribution in [3.8, 4) is 0 Å². The number of carbonyl (C=O) groups excluding carboxylic acids is 4. The fourth-order valence-corrected chi connectivity index (χ4v) is 1.70. The van der Waals surface area contributed by atoms with E-state index in [0.29, 0.717) is 13.0 Å². The SMILES string of the molecule is CC(C)[C@H](N)C(=O)NCC(=O)NCC(=O)NC(=O)CCCCCN. The van der Waals surface area contributed by atoms with Gasteiger partial charge in [0.15, 0.2) is 0 Å². The van der Waals surface area contributed by atoms with Gasteiger partial charge < -0.3 is 22.1 Å². The molecule has 0 unspecified atom stereocenters. The number of nitrogens with one attached hydrogen (secondary N) is 3. The highest BCUT2D eigenvalue weighted by atomic mass is 16.2. The van der Waals surface area contributed by atoms with Gasteiger partial charge in [0.05, 0.1) is 19.1 Å². The molecule has 0 saturated carbocycles. The first kappa shape index (κ1) is 22.0. The van der Waals surface area contributed by atoms with Crippen molar-refractivity contribution in [2.45, 2.75) is 45.6 Å². The summed E-state index contributed by atoms with van der Waals surface area (Å²) in [4.78, 5) is 46.1. The normalized spacial score (nSPS) is 11.7. The molecular formula is C15H29N5O4. The zero-order valence-corrected chi connectivity index (χ0v) is 14.4. The van der Waals surface area contributed by atoms with E-state index < -0.39 is 23.8 Å². The first-order valence-electron chi connectivity index (χ1n) is 8.10. The van der Waals surface area contributed by atoms with Gasteiger partial charge in [-0.2, -0.15) is 0 Å². The van der Waals surface area contributed by atoms with Crippen LogP contribution >= 0.6 is 0 Å². The van der Waals surface area contributed by atoms with Crippen molar-refractivity contribution in [3.05, 3.63) is 0 Å². The molecule has 0 aromatic rings. The zero-order chi connectivity index (χ0) is 18.5. The van der Waals surface area contributed by atoms with Crippen molar-refractivity contribution in [1.82, 2.24) is 16.0 Å². The first-order valence-corrected chi connectivity index (χ1v) is 8.10. The van der Waals surface area contributed by atoms with Crippen LogP contribution in [0.25, 0.3) is 0 Å². The van der Waals surface area contributed by atoms with Crippen molar-refractivity contribution in [3.63, 3.8) is 0 Å². The summed E-state index contributed by atoms with van der Waals surface area (Å²) < 4.78 is 0. The minimum absolute atomic E-state index is 0.0466. The van der Waals surface area contributed by atoms with E-state index in [-0.39, 0.29) is 31.3 Å². The van der Waals surface area contributed by atoms with E-state index in [1.165, 1.54) is 0 Å². The molecule has 0 fully saturated rings. The van der Waals surface area contributed by atoms with Crippen molar-refractivity contribution in [1.29, 1.82) is 0 Å². The second-order valence-corrected chi connectivity index (χ2v) is 5.84. The molecule has 0 radical (unpaired) electrons. The lowest BCUT2D eigenvalue weighted by Gasteiger charge is -2.15. The number of unbranched alkanes of at least 4 members (excludes halogenated alkanes) is 2. The number of hydrogen-bond donors (Lipinski definition) is 5. The van der Waals surface area contributed by atoms with Gasteiger partial charge in [-0.25, -0.2) is 0 Å². The Labute approximate surface area is 142 Å². The van der Waals surface area contributed by atoms with E-state index in [0.717, 1.165) is 12.8 Å². The van der Waals surface area contributed by atoms with Gasteiger partial charge in [0.25, 0.3) is 0 Å². The minimum Gasteiger partial charge on any atom is -0.346 e. The summed E-state index contributed by atoms with van der Waals surface area (Å²) in [6.45, 7) is 3.55. The molecule has 0 rings (SSSR count). The Morgan fingerprint density at radius 3 is 2.08 bits per heavy atom. The summed E-state index contributed by atoms with van der Waals surface area (Å²) in [5.74, 6) is -2.00. The molecule has 1 atom stereocenters. The molecule has 0 aliphatic rings. The maximum Gasteiger partial charge on any atom is 0.245 e. The van der Waals surface area contributed by atoms with Gasteiger partial charge in [0, 0.05) is 6.42 Å². The molecule has 4 amide bonds. The largest absolute Gasteiger partial charge is 0.346 e. The van der Waals surface area contributed by atoms with Crippen molar-refractivity contribution < 1.29 is 19.2 Å². The van der Waals surface area contributed by atoms with Crippen LogP contribution in [0.4, 0.5) is 0 Å². The fourth-order valence-electron chi connectivity index (χ4n) is 1.70. The van der Waals surface area contributed by atoms with Crippen LogP contribution in [0.2, 0.25) is 0 Å². The summed E-state index contributed by atoms with van der Waals surface area (Å²) in [5, 5.41) is 6.87. The van der Waals surface area contributed by atoms with Crippen molar-refractivity contribution >= 4 is 23.6 Å². The Hall–Kier alpha value is -2.00. The first-order chi connectivity index (χ1) is 11.3. The van der Waals surface area contributed by atoms with Gasteiger partial charge in [0.2, 0.25) is 23.6 Å². The van der Waals surface area contributed by atoms with Crippen molar-refractivity contribution in [2.75, 3.05) is 19.6 Å². The fraction of sp³-hybridized carbons (Fsp3) is 0.733. The van der Waals surface area contributed by atoms with Gasteiger partial charge >= 0.3 is 0 Å². The molecule has 9 nitrogen and oxygen atoms in total. The molecule has 0 spiro atoms. The van der Waals surface area contributed by atoms with E-state index >= 15 is 0 Å². The van der Waals surface area contributed by atoms with E-state index in [1.807, 2.05) is 0 Å². The summed E-state index contributed by atoms with van der Waals surface area (Å²) in [6, 6.07) is -0.696. The van der Waals surface area contributed by atoms with E-state index in [1.54, 1.807) is 13.8 Å². The van der Waals surface area contributed by atoms with Crippen LogP contribution in [0.1, 0.15) is 39.5 Å². The van der Waals surface area contributed by atoms with Gasteiger partial charge in [0.1, 0.15) is 0 Å². The number of carbonyl (C=O) groups is 4. The lowest BCUT2D eigenvalue weighted by atomic mass is 10.1. The number of imide groups is 1. The highest BCUT2D eigenvalue weighted by Gasteiger charge is 2.17. The second-order valence-electron chi connectivity index (χ2n) is 5.84. The summed E-state index contributed by atoms with van der Waals surface area (Å²) >= 11 is 0. The zero-order valence-electron chi connectivity index (χ0n) is 14.4. The molecule has 0 aliphatic carbocycles. The minimum atomic E-state index is -0.696. The summed E-state index contributed by atoms with van der Waals surface area (Å²) in [6.07, 6.45) is 2.56. The van der Waals surface area contributed by atoms with Gasteiger partial charge in [-0.1, -0.05) is 20.3 Å². The molecule has 0 aliphatic heterocycles. The Bertz CT molecular complexity index is 440. The molecule has 0 bridgehead atoms. The molecule has 0 heterocycles. The Balaban J connectivity index is 3.87. The quantitative estimate of drug-likeness (QED) is 0.283. The second kappa shape index (κ2) is 12.4. The third kappa shape index (κ3) is 10.7. The van der Waals surface area contributed by atoms with Crippen LogP contribution < -0.4 is 27.4 Å². The van der Waals surface area contributed by atoms with Gasteiger partial charge in [-0.15, -0.1) is 0 Å². The smallest absolute Gasteiger partial charge is 0.245 e. The highest BCUT2D eigenvalue weighted by Crippen LogP contribution is 1.98. The van der Waals surface area contributed by atoms with Gasteiger partial charge in [-0.05, 0) is 25.3 Å². The third-order valence-corrected chi connectivity index (χ3v) is 3.28. The van der Waals surface area contributed by atoms with E-state index in [2.05, 4.69) is 16.0 Å². The molecule has 0 saturated heterocycles. The van der Waals surface area contributed by atoms with Crippen molar-refractivity contribution in [2.24, 2.45) is 17.4 Å². The van der Waals surface area contributed by atoms with Crippen LogP contribution in [-0.2, 0) is 19.2 Å². The molecule has 0 aromatic carbocycles. The Kier molecular flexibility index (Phi) is 11.4. The monoisotopic (exact) mass is 343 g/mol. The number of hydrogen-bond acceptors (Lipinski definition) is 6. The number of nitrogens with two attached hydrogens (primary N) is 2. The standard InChI is InChI=1S/C15H29N5O4/c1-10(2)14(17)15(24)19-8-12(22)18-9-13(23)20-11(21)6-4-3-5-7-16/h10,14H,3-9,16-17H2,1-2H3,(H,18,22)(H,19,24)(H,20,21,23)/t14-/m0/s1. The topological polar surface area (TPSA) is 156 Å². The lowest BCUT2D eigenvalue weighted by Crippen LogP contribution is -2.48. The summed E-state index contributed by atoms with van der Waals surface area (Å²) in [7, 11) is 0. The highest BCUT2D eigenvalue weighted by molar-refractivity contribution is 5.97. The third-order valence-electron chi connectivity index (χ3n) is 3.28. The van der Waals surface area contributed by atoms with E-state index in [4.69, 9.17) is 11.5 Å². The predicted octanol–water partition coefficient (Wildman–Crippen LogP) is -1.64. The van der Waals surface area contributed by atoms with Crippen LogP contribution in [-0.4, -0.2) is 49.3 Å². The maximum absolute atomic E-state index is 11.6. The molecular weight excluding hydrogens is 314 g/mol. The molecule has 7 N–H and O–H groups in total. The van der Waals surface area contributed by atoms with Crippen LogP contribution in [0, 0.1) is 5.92 Å². The van der Waals surface area contributed by atoms with Crippen LogP contribution in [0.5, 0.6) is 0 Å². The van der Waals surface area contributed by atoms with Crippen LogP contribution in [0.15, 0.2) is 0 Å². The average Bonchev–Trinajstić information content (AvgIpc) is 2.53. The van der Waals surface area contributed by atoms with Crippen LogP contribution in [0.3, 0.4) is 0 Å².